The third-order valence-electron chi connectivity index (χ3n) is 1.92. The SMILES string of the molecule is C#Cc1ccc([Si](C)(C)C)cc1. The number of rotatable bonds is 1. The first-order valence-corrected chi connectivity index (χ1v) is 7.61. The summed E-state index contributed by atoms with van der Waals surface area (Å²) in [5.41, 5.74) is 0.969. The summed E-state index contributed by atoms with van der Waals surface area (Å²) in [5, 5.41) is 1.46. The van der Waals surface area contributed by atoms with Gasteiger partial charge >= 0.3 is 0 Å². The average Bonchev–Trinajstić information content (AvgIpc) is 2.03. The van der Waals surface area contributed by atoms with Gasteiger partial charge in [-0.1, -0.05) is 42.9 Å². The van der Waals surface area contributed by atoms with Crippen LogP contribution in [-0.2, 0) is 0 Å². The van der Waals surface area contributed by atoms with Crippen LogP contribution in [0.4, 0.5) is 0 Å². The van der Waals surface area contributed by atoms with Gasteiger partial charge in [-0.2, -0.15) is 0 Å². The van der Waals surface area contributed by atoms with E-state index >= 15 is 0 Å². The van der Waals surface area contributed by atoms with Crippen molar-refractivity contribution in [3.8, 4) is 12.3 Å². The van der Waals surface area contributed by atoms with E-state index in [1.165, 1.54) is 5.19 Å². The Bertz CT molecular complexity index is 295. The number of benzene rings is 1. The zero-order valence-corrected chi connectivity index (χ0v) is 8.89. The lowest BCUT2D eigenvalue weighted by Gasteiger charge is -2.15. The number of hydrogen-bond acceptors (Lipinski definition) is 0. The second-order valence-corrected chi connectivity index (χ2v) is 9.05. The Balaban J connectivity index is 3.02. The molecular weight excluding hydrogens is 160 g/mol. The predicted molar refractivity (Wildman–Crippen MR) is 57.4 cm³/mol. The van der Waals surface area contributed by atoms with Crippen LogP contribution in [0.2, 0.25) is 19.6 Å². The minimum absolute atomic E-state index is 0.969. The van der Waals surface area contributed by atoms with Crippen molar-refractivity contribution in [3.05, 3.63) is 29.8 Å². The molecule has 0 N–H and O–H groups in total. The zero-order valence-electron chi connectivity index (χ0n) is 7.89. The number of terminal acetylenes is 1. The lowest BCUT2D eigenvalue weighted by Crippen LogP contribution is -2.37. The highest BCUT2D eigenvalue weighted by molar-refractivity contribution is 6.88. The molecule has 0 saturated carbocycles. The van der Waals surface area contributed by atoms with Crippen molar-refractivity contribution < 1.29 is 0 Å². The summed E-state index contributed by atoms with van der Waals surface area (Å²) in [4.78, 5) is 0. The molecule has 1 aromatic carbocycles. The molecule has 0 aliphatic heterocycles. The van der Waals surface area contributed by atoms with Crippen LogP contribution in [0.25, 0.3) is 0 Å². The van der Waals surface area contributed by atoms with Crippen molar-refractivity contribution >= 4 is 13.3 Å². The fourth-order valence-corrected chi connectivity index (χ4v) is 2.23. The van der Waals surface area contributed by atoms with E-state index in [2.05, 4.69) is 37.7 Å². The predicted octanol–water partition coefficient (Wildman–Crippen LogP) is 2.21. The first kappa shape index (κ1) is 9.09. The van der Waals surface area contributed by atoms with Gasteiger partial charge in [0.1, 0.15) is 0 Å². The van der Waals surface area contributed by atoms with Crippen LogP contribution < -0.4 is 5.19 Å². The molecular formula is C11H14Si. The molecule has 0 unspecified atom stereocenters. The molecule has 1 heteroatoms. The summed E-state index contributed by atoms with van der Waals surface area (Å²) >= 11 is 0. The van der Waals surface area contributed by atoms with Gasteiger partial charge in [0.05, 0.1) is 8.07 Å². The molecule has 0 saturated heterocycles. The highest BCUT2D eigenvalue weighted by atomic mass is 28.3. The summed E-state index contributed by atoms with van der Waals surface area (Å²) in [6.45, 7) is 6.99. The molecule has 12 heavy (non-hydrogen) atoms. The maximum absolute atomic E-state index is 5.27. The largest absolute Gasteiger partial charge is 0.115 e. The van der Waals surface area contributed by atoms with Gasteiger partial charge in [0.25, 0.3) is 0 Å². The van der Waals surface area contributed by atoms with Crippen molar-refractivity contribution in [1.29, 1.82) is 0 Å². The van der Waals surface area contributed by atoms with Crippen LogP contribution in [0, 0.1) is 12.3 Å². The summed E-state index contributed by atoms with van der Waals surface area (Å²) in [6, 6.07) is 8.35. The molecule has 1 aromatic rings. The van der Waals surface area contributed by atoms with Gasteiger partial charge in [-0.15, -0.1) is 6.42 Å². The Kier molecular flexibility index (Phi) is 2.39. The van der Waals surface area contributed by atoms with Gasteiger partial charge < -0.3 is 0 Å². The van der Waals surface area contributed by atoms with Gasteiger partial charge in [0.2, 0.25) is 0 Å². The van der Waals surface area contributed by atoms with Crippen molar-refractivity contribution in [3.63, 3.8) is 0 Å². The third-order valence-corrected chi connectivity index (χ3v) is 3.98. The molecule has 62 valence electrons. The van der Waals surface area contributed by atoms with Crippen LogP contribution in [-0.4, -0.2) is 8.07 Å². The Labute approximate surface area is 75.6 Å². The molecule has 0 aliphatic carbocycles. The summed E-state index contributed by atoms with van der Waals surface area (Å²) < 4.78 is 0. The zero-order chi connectivity index (χ0) is 9.19. The molecule has 0 nitrogen and oxygen atoms in total. The molecule has 0 heterocycles. The topological polar surface area (TPSA) is 0 Å². The van der Waals surface area contributed by atoms with Gasteiger partial charge in [-0.25, -0.2) is 0 Å². The van der Waals surface area contributed by atoms with Crippen LogP contribution in [0.3, 0.4) is 0 Å². The summed E-state index contributed by atoms with van der Waals surface area (Å²) in [5.74, 6) is 2.62. The van der Waals surface area contributed by atoms with Gasteiger partial charge in [-0.05, 0) is 12.1 Å². The molecule has 0 bridgehead atoms. The second kappa shape index (κ2) is 3.16. The van der Waals surface area contributed by atoms with Crippen molar-refractivity contribution in [2.75, 3.05) is 0 Å². The first-order chi connectivity index (χ1) is 5.54. The molecule has 0 aliphatic rings. The van der Waals surface area contributed by atoms with Crippen LogP contribution >= 0.6 is 0 Å². The van der Waals surface area contributed by atoms with E-state index in [4.69, 9.17) is 6.42 Å². The average molecular weight is 174 g/mol. The maximum Gasteiger partial charge on any atom is 0.0775 e. The lowest BCUT2D eigenvalue weighted by atomic mass is 10.2. The molecule has 0 atom stereocenters. The van der Waals surface area contributed by atoms with E-state index in [0.29, 0.717) is 0 Å². The monoisotopic (exact) mass is 174 g/mol. The Morgan fingerprint density at radius 1 is 1.08 bits per heavy atom. The summed E-state index contributed by atoms with van der Waals surface area (Å²) in [6.07, 6.45) is 5.27. The van der Waals surface area contributed by atoms with Crippen molar-refractivity contribution in [1.82, 2.24) is 0 Å². The molecule has 0 radical (unpaired) electrons. The minimum atomic E-state index is -1.14. The van der Waals surface area contributed by atoms with Crippen molar-refractivity contribution in [2.45, 2.75) is 19.6 Å². The molecule has 0 aromatic heterocycles. The van der Waals surface area contributed by atoms with Gasteiger partial charge in [0.15, 0.2) is 0 Å². The van der Waals surface area contributed by atoms with Crippen LogP contribution in [0.5, 0.6) is 0 Å². The lowest BCUT2D eigenvalue weighted by molar-refractivity contribution is 1.64. The molecule has 0 spiro atoms. The van der Waals surface area contributed by atoms with E-state index in [0.717, 1.165) is 5.56 Å². The fourth-order valence-electron chi connectivity index (χ4n) is 1.07. The standard InChI is InChI=1S/C11H14Si/c1-5-10-6-8-11(9-7-10)12(2,3)4/h1,6-9H,2-4H3. The van der Waals surface area contributed by atoms with Crippen LogP contribution in [0.15, 0.2) is 24.3 Å². The van der Waals surface area contributed by atoms with Crippen LogP contribution in [0.1, 0.15) is 5.56 Å². The van der Waals surface area contributed by atoms with E-state index in [-0.39, 0.29) is 0 Å². The molecule has 1 rings (SSSR count). The van der Waals surface area contributed by atoms with Crippen molar-refractivity contribution in [2.24, 2.45) is 0 Å². The maximum atomic E-state index is 5.27. The Hall–Kier alpha value is -1.00. The smallest absolute Gasteiger partial charge is 0.0775 e. The van der Waals surface area contributed by atoms with E-state index in [1.54, 1.807) is 0 Å². The quantitative estimate of drug-likeness (QED) is 0.452. The van der Waals surface area contributed by atoms with Gasteiger partial charge in [0, 0.05) is 5.56 Å². The second-order valence-electron chi connectivity index (χ2n) is 3.97. The third kappa shape index (κ3) is 1.99. The normalized spacial score (nSPS) is 10.8. The van der Waals surface area contributed by atoms with E-state index in [9.17, 15) is 0 Å². The van der Waals surface area contributed by atoms with E-state index in [1.807, 2.05) is 12.1 Å². The first-order valence-electron chi connectivity index (χ1n) is 4.11. The van der Waals surface area contributed by atoms with E-state index < -0.39 is 8.07 Å². The fraction of sp³-hybridized carbons (Fsp3) is 0.273. The Morgan fingerprint density at radius 3 is 1.92 bits per heavy atom. The molecule has 0 fully saturated rings. The minimum Gasteiger partial charge on any atom is -0.115 e. The molecule has 0 amide bonds. The highest BCUT2D eigenvalue weighted by Crippen LogP contribution is 2.03. The highest BCUT2D eigenvalue weighted by Gasteiger charge is 2.15. The number of hydrogen-bond donors (Lipinski definition) is 0. The Morgan fingerprint density at radius 2 is 1.58 bits per heavy atom. The summed E-state index contributed by atoms with van der Waals surface area (Å²) in [7, 11) is -1.14. The van der Waals surface area contributed by atoms with Gasteiger partial charge in [-0.3, -0.25) is 0 Å².